The predicted octanol–water partition coefficient (Wildman–Crippen LogP) is 2.44. The van der Waals surface area contributed by atoms with E-state index >= 15 is 0 Å². The third-order valence-corrected chi connectivity index (χ3v) is 1.70. The molecule has 0 aliphatic carbocycles. The SMILES string of the molecule is Clc1nc(Cl)nc(-c2ccoc2)n1. The minimum Gasteiger partial charge on any atom is -0.472 e. The molecule has 0 saturated carbocycles. The Kier molecular flexibility index (Phi) is 2.16. The van der Waals surface area contributed by atoms with E-state index in [1.807, 2.05) is 0 Å². The van der Waals surface area contributed by atoms with Gasteiger partial charge in [-0.25, -0.2) is 0 Å². The molecular weight excluding hydrogens is 213 g/mol. The van der Waals surface area contributed by atoms with Crippen molar-refractivity contribution in [3.8, 4) is 11.4 Å². The lowest BCUT2D eigenvalue weighted by atomic mass is 10.3. The van der Waals surface area contributed by atoms with Crippen LogP contribution in [0.3, 0.4) is 0 Å². The molecule has 0 bridgehead atoms. The molecule has 0 atom stereocenters. The Morgan fingerprint density at radius 3 is 2.31 bits per heavy atom. The molecule has 0 spiro atoms. The molecule has 0 aliphatic heterocycles. The Balaban J connectivity index is 2.53. The number of rotatable bonds is 1. The standard InChI is InChI=1S/C7H3Cl2N3O/c8-6-10-5(11-7(9)12-6)4-1-2-13-3-4/h1-3H. The van der Waals surface area contributed by atoms with Gasteiger partial charge in [-0.3, -0.25) is 0 Å². The van der Waals surface area contributed by atoms with Gasteiger partial charge in [0, 0.05) is 0 Å². The first-order valence-corrected chi connectivity index (χ1v) is 4.11. The number of aromatic nitrogens is 3. The summed E-state index contributed by atoms with van der Waals surface area (Å²) in [6.45, 7) is 0. The summed E-state index contributed by atoms with van der Waals surface area (Å²) in [4.78, 5) is 11.4. The first-order chi connectivity index (χ1) is 6.25. The Bertz CT molecular complexity index is 395. The van der Waals surface area contributed by atoms with Gasteiger partial charge < -0.3 is 4.42 Å². The van der Waals surface area contributed by atoms with Gasteiger partial charge in [0.25, 0.3) is 0 Å². The highest BCUT2D eigenvalue weighted by Gasteiger charge is 2.06. The van der Waals surface area contributed by atoms with Crippen molar-refractivity contribution in [1.82, 2.24) is 15.0 Å². The van der Waals surface area contributed by atoms with Crippen molar-refractivity contribution in [2.24, 2.45) is 0 Å². The first kappa shape index (κ1) is 8.47. The van der Waals surface area contributed by atoms with Gasteiger partial charge in [-0.05, 0) is 29.3 Å². The Hall–Kier alpha value is -1.13. The summed E-state index contributed by atoms with van der Waals surface area (Å²) < 4.78 is 4.86. The molecule has 0 radical (unpaired) electrons. The molecule has 2 aromatic rings. The van der Waals surface area contributed by atoms with Crippen molar-refractivity contribution in [1.29, 1.82) is 0 Å². The summed E-state index contributed by atoms with van der Waals surface area (Å²) in [6.07, 6.45) is 3.02. The lowest BCUT2D eigenvalue weighted by Gasteiger charge is -1.95. The molecule has 2 aromatic heterocycles. The molecule has 13 heavy (non-hydrogen) atoms. The van der Waals surface area contributed by atoms with E-state index in [0.29, 0.717) is 11.4 Å². The van der Waals surface area contributed by atoms with Crippen LogP contribution in [-0.4, -0.2) is 15.0 Å². The number of furan rings is 1. The second-order valence-electron chi connectivity index (χ2n) is 2.21. The van der Waals surface area contributed by atoms with E-state index in [1.165, 1.54) is 12.5 Å². The molecule has 2 rings (SSSR count). The zero-order valence-corrected chi connectivity index (χ0v) is 7.75. The number of hydrogen-bond acceptors (Lipinski definition) is 4. The van der Waals surface area contributed by atoms with Crippen molar-refractivity contribution in [2.75, 3.05) is 0 Å². The van der Waals surface area contributed by atoms with Gasteiger partial charge in [-0.2, -0.15) is 15.0 Å². The number of nitrogens with zero attached hydrogens (tertiary/aromatic N) is 3. The zero-order chi connectivity index (χ0) is 9.26. The van der Waals surface area contributed by atoms with E-state index in [1.54, 1.807) is 6.07 Å². The van der Waals surface area contributed by atoms with E-state index < -0.39 is 0 Å². The fourth-order valence-corrected chi connectivity index (χ4v) is 1.21. The molecule has 66 valence electrons. The number of hydrogen-bond donors (Lipinski definition) is 0. The van der Waals surface area contributed by atoms with E-state index in [2.05, 4.69) is 15.0 Å². The maximum absolute atomic E-state index is 5.59. The zero-order valence-electron chi connectivity index (χ0n) is 6.24. The summed E-state index contributed by atoms with van der Waals surface area (Å²) in [7, 11) is 0. The van der Waals surface area contributed by atoms with E-state index in [4.69, 9.17) is 27.6 Å². The molecule has 0 unspecified atom stereocenters. The monoisotopic (exact) mass is 215 g/mol. The second-order valence-corrected chi connectivity index (χ2v) is 2.89. The van der Waals surface area contributed by atoms with Crippen molar-refractivity contribution in [2.45, 2.75) is 0 Å². The van der Waals surface area contributed by atoms with Gasteiger partial charge >= 0.3 is 0 Å². The molecule has 4 nitrogen and oxygen atoms in total. The molecule has 0 fully saturated rings. The van der Waals surface area contributed by atoms with Crippen LogP contribution in [-0.2, 0) is 0 Å². The van der Waals surface area contributed by atoms with Crippen LogP contribution in [0.25, 0.3) is 11.4 Å². The van der Waals surface area contributed by atoms with Crippen molar-refractivity contribution in [3.63, 3.8) is 0 Å². The lowest BCUT2D eigenvalue weighted by Crippen LogP contribution is -1.92. The average Bonchev–Trinajstić information content (AvgIpc) is 2.53. The van der Waals surface area contributed by atoms with Crippen LogP contribution in [0.15, 0.2) is 23.0 Å². The van der Waals surface area contributed by atoms with Crippen LogP contribution < -0.4 is 0 Å². The van der Waals surface area contributed by atoms with Gasteiger partial charge in [-0.1, -0.05) is 0 Å². The topological polar surface area (TPSA) is 51.8 Å². The quantitative estimate of drug-likeness (QED) is 0.734. The highest BCUT2D eigenvalue weighted by atomic mass is 35.5. The van der Waals surface area contributed by atoms with Crippen LogP contribution in [0.5, 0.6) is 0 Å². The summed E-state index contributed by atoms with van der Waals surface area (Å²) in [5, 5.41) is 0.132. The lowest BCUT2D eigenvalue weighted by molar-refractivity contribution is 0.568. The minimum atomic E-state index is 0.0659. The third-order valence-electron chi connectivity index (χ3n) is 1.36. The van der Waals surface area contributed by atoms with Crippen LogP contribution in [0, 0.1) is 0 Å². The van der Waals surface area contributed by atoms with Crippen molar-refractivity contribution < 1.29 is 4.42 Å². The molecule has 0 aromatic carbocycles. The van der Waals surface area contributed by atoms with Gasteiger partial charge in [0.05, 0.1) is 11.8 Å². The van der Waals surface area contributed by atoms with E-state index in [0.717, 1.165) is 0 Å². The van der Waals surface area contributed by atoms with Crippen LogP contribution >= 0.6 is 23.2 Å². The summed E-state index contributed by atoms with van der Waals surface area (Å²) >= 11 is 11.2. The van der Waals surface area contributed by atoms with Gasteiger partial charge in [0.1, 0.15) is 6.26 Å². The smallest absolute Gasteiger partial charge is 0.227 e. The second kappa shape index (κ2) is 3.32. The average molecular weight is 216 g/mol. The first-order valence-electron chi connectivity index (χ1n) is 3.35. The third kappa shape index (κ3) is 1.79. The van der Waals surface area contributed by atoms with Gasteiger partial charge in [0.2, 0.25) is 10.6 Å². The largest absolute Gasteiger partial charge is 0.472 e. The Morgan fingerprint density at radius 1 is 1.08 bits per heavy atom. The fraction of sp³-hybridized carbons (Fsp3) is 0. The molecule has 0 amide bonds. The Labute approximate surface area is 83.5 Å². The summed E-state index contributed by atoms with van der Waals surface area (Å²) in [5.41, 5.74) is 0.714. The summed E-state index contributed by atoms with van der Waals surface area (Å²) in [5.74, 6) is 0.402. The highest BCUT2D eigenvalue weighted by molar-refractivity contribution is 6.31. The molecule has 0 saturated heterocycles. The van der Waals surface area contributed by atoms with Gasteiger partial charge in [0.15, 0.2) is 5.82 Å². The minimum absolute atomic E-state index is 0.0659. The molecule has 0 aliphatic rings. The predicted molar refractivity (Wildman–Crippen MR) is 47.5 cm³/mol. The maximum Gasteiger partial charge on any atom is 0.227 e. The fourth-order valence-electron chi connectivity index (χ4n) is 0.847. The van der Waals surface area contributed by atoms with E-state index in [-0.39, 0.29) is 10.6 Å². The van der Waals surface area contributed by atoms with Crippen LogP contribution in [0.2, 0.25) is 10.6 Å². The molecule has 2 heterocycles. The normalized spacial score (nSPS) is 10.3. The molecule has 6 heteroatoms. The molecule has 0 N–H and O–H groups in total. The summed E-state index contributed by atoms with van der Waals surface area (Å²) in [6, 6.07) is 1.71. The Morgan fingerprint density at radius 2 is 1.77 bits per heavy atom. The van der Waals surface area contributed by atoms with Crippen LogP contribution in [0.1, 0.15) is 0 Å². The van der Waals surface area contributed by atoms with Gasteiger partial charge in [-0.15, -0.1) is 0 Å². The number of halogens is 2. The van der Waals surface area contributed by atoms with Crippen LogP contribution in [0.4, 0.5) is 0 Å². The van der Waals surface area contributed by atoms with Crippen molar-refractivity contribution >= 4 is 23.2 Å². The van der Waals surface area contributed by atoms with E-state index in [9.17, 15) is 0 Å². The highest BCUT2D eigenvalue weighted by Crippen LogP contribution is 2.17. The van der Waals surface area contributed by atoms with Crippen molar-refractivity contribution in [3.05, 3.63) is 29.2 Å². The molecular formula is C7H3Cl2N3O. The maximum atomic E-state index is 5.59.